The van der Waals surface area contributed by atoms with Gasteiger partial charge in [-0.3, -0.25) is 28.9 Å². The summed E-state index contributed by atoms with van der Waals surface area (Å²) in [6.45, 7) is 8.12. The maximum Gasteiger partial charge on any atom is 0.264 e. The van der Waals surface area contributed by atoms with E-state index in [0.29, 0.717) is 42.5 Å². The van der Waals surface area contributed by atoms with E-state index in [9.17, 15) is 14.4 Å². The smallest absolute Gasteiger partial charge is 0.264 e. The number of piperidine rings is 2. The number of ether oxygens (including phenoxy) is 1. The van der Waals surface area contributed by atoms with Gasteiger partial charge in [0.25, 0.3) is 12.3 Å². The summed E-state index contributed by atoms with van der Waals surface area (Å²) in [5.74, 6) is 0.386. The van der Waals surface area contributed by atoms with Crippen LogP contribution in [0.1, 0.15) is 119 Å². The fourth-order valence-electron chi connectivity index (χ4n) is 11.0. The highest BCUT2D eigenvalue weighted by Crippen LogP contribution is 2.46. The Balaban J connectivity index is 0.00000183. The number of fused-ring (bicyclic) bond motifs is 3. The summed E-state index contributed by atoms with van der Waals surface area (Å²) in [4.78, 5) is 59.8. The van der Waals surface area contributed by atoms with E-state index in [-0.39, 0.29) is 29.5 Å². The number of amides is 2. The SMILES string of the molecule is CC=O.CN1CCc2c(c(N3CCCc4cc(-c5cn(C6CCN(Cc7ccc(C=O)c(C(=O)N(C)C8CCCNC8=O)c7)CC6)c6ccncc56)c(C(F)F)cc43)nn2C2CCOCC2)C1. The minimum absolute atomic E-state index is 0.0184. The van der Waals surface area contributed by atoms with Crippen molar-refractivity contribution < 1.29 is 32.7 Å². The fraction of sp³-hybridized carbons (Fsp3) is 0.490. The van der Waals surface area contributed by atoms with E-state index in [1.165, 1.54) is 23.1 Å². The van der Waals surface area contributed by atoms with Gasteiger partial charge in [0.15, 0.2) is 12.1 Å². The maximum atomic E-state index is 15.5. The number of carbonyl (C=O) groups is 4. The van der Waals surface area contributed by atoms with E-state index in [2.05, 4.69) is 47.5 Å². The Morgan fingerprint density at radius 2 is 1.76 bits per heavy atom. The van der Waals surface area contributed by atoms with Gasteiger partial charge in [-0.05, 0) is 106 Å². The number of nitrogens with one attached hydrogen (secondary N) is 1. The van der Waals surface area contributed by atoms with E-state index in [0.717, 1.165) is 143 Å². The molecule has 8 heterocycles. The molecule has 3 saturated heterocycles. The number of likely N-dealkylation sites (tertiary alicyclic amines) is 1. The standard InChI is InChI=1S/C49H57F2N9O4.C2H4O/c1-55-18-12-43-41(28-55)47(54-60(43)35-13-21-64-22-14-35)58-17-4-5-32-24-37(38(46(50)51)25-45(32)58)40-29-59(42-9-16-52-26-39(40)42)34-10-19-57(20-11-34)27-31-7-8-33(30-61)36(23-31)49(63)56(2)44-6-3-15-53-48(44)62;1-2-3/h7-9,16,23-26,29-30,34-35,44,46H,3-6,10-15,17-22,27-28H2,1-2H3,(H,53,62);2H,1H3. The molecule has 10 rings (SSSR count). The second kappa shape index (κ2) is 20.2. The maximum absolute atomic E-state index is 15.5. The summed E-state index contributed by atoms with van der Waals surface area (Å²) in [6, 6.07) is 11.0. The highest BCUT2D eigenvalue weighted by molar-refractivity contribution is 6.03. The normalized spacial score (nSPS) is 19.6. The van der Waals surface area contributed by atoms with Crippen molar-refractivity contribution in [2.45, 2.75) is 102 Å². The molecular formula is C51H61F2N9O5. The van der Waals surface area contributed by atoms with Crippen molar-refractivity contribution in [3.63, 3.8) is 0 Å². The minimum Gasteiger partial charge on any atom is -0.381 e. The van der Waals surface area contributed by atoms with Crippen molar-refractivity contribution in [3.8, 4) is 11.1 Å². The molecule has 0 aliphatic carbocycles. The number of likely N-dealkylation sites (N-methyl/N-ethyl adjacent to an activating group) is 2. The predicted molar refractivity (Wildman–Crippen MR) is 252 cm³/mol. The lowest BCUT2D eigenvalue weighted by molar-refractivity contribution is -0.126. The Bertz CT molecular complexity index is 2630. The third kappa shape index (κ3) is 9.27. The number of hydrogen-bond acceptors (Lipinski definition) is 10. The van der Waals surface area contributed by atoms with E-state index >= 15 is 8.78 Å². The van der Waals surface area contributed by atoms with Gasteiger partial charge >= 0.3 is 0 Å². The molecule has 0 bridgehead atoms. The Morgan fingerprint density at radius 3 is 2.51 bits per heavy atom. The Hall–Kier alpha value is -5.84. The average molecular weight is 918 g/mol. The number of carbonyl (C=O) groups excluding carboxylic acids is 4. The Kier molecular flexibility index (Phi) is 13.9. The van der Waals surface area contributed by atoms with E-state index in [4.69, 9.17) is 14.6 Å². The highest BCUT2D eigenvalue weighted by Gasteiger charge is 2.35. The fourth-order valence-corrected chi connectivity index (χ4v) is 11.0. The number of aromatic nitrogens is 4. The first-order valence-electron chi connectivity index (χ1n) is 23.9. The molecule has 3 aromatic heterocycles. The molecule has 5 aliphatic heterocycles. The monoisotopic (exact) mass is 917 g/mol. The zero-order valence-electron chi connectivity index (χ0n) is 38.8. The van der Waals surface area contributed by atoms with Crippen LogP contribution < -0.4 is 10.2 Å². The van der Waals surface area contributed by atoms with Crippen LogP contribution in [0.3, 0.4) is 0 Å². The Morgan fingerprint density at radius 1 is 0.970 bits per heavy atom. The summed E-state index contributed by atoms with van der Waals surface area (Å²) < 4.78 is 41.2. The van der Waals surface area contributed by atoms with Crippen LogP contribution in [-0.2, 0) is 40.3 Å². The first-order valence-corrected chi connectivity index (χ1v) is 23.9. The lowest BCUT2D eigenvalue weighted by atomic mass is 9.91. The number of hydrogen-bond donors (Lipinski definition) is 1. The first kappa shape index (κ1) is 46.3. The molecule has 5 aliphatic rings. The molecule has 5 aromatic rings. The predicted octanol–water partition coefficient (Wildman–Crippen LogP) is 7.47. The van der Waals surface area contributed by atoms with Crippen molar-refractivity contribution in [1.29, 1.82) is 0 Å². The lowest BCUT2D eigenvalue weighted by Crippen LogP contribution is -2.51. The van der Waals surface area contributed by atoms with Crippen LogP contribution in [0.4, 0.5) is 20.3 Å². The molecule has 14 nitrogen and oxygen atoms in total. The molecule has 3 fully saturated rings. The van der Waals surface area contributed by atoms with Crippen LogP contribution in [0.5, 0.6) is 0 Å². The second-order valence-corrected chi connectivity index (χ2v) is 18.6. The molecule has 1 unspecified atom stereocenters. The van der Waals surface area contributed by atoms with Gasteiger partial charge in [-0.25, -0.2) is 8.78 Å². The molecule has 1 N–H and O–H groups in total. The third-order valence-corrected chi connectivity index (χ3v) is 14.5. The van der Waals surface area contributed by atoms with Gasteiger partial charge in [0.2, 0.25) is 5.91 Å². The number of aryl methyl sites for hydroxylation is 1. The minimum atomic E-state index is -2.69. The molecule has 0 radical (unpaired) electrons. The molecule has 2 aromatic carbocycles. The van der Waals surface area contributed by atoms with Crippen LogP contribution in [0.2, 0.25) is 0 Å². The van der Waals surface area contributed by atoms with Gasteiger partial charge in [0.05, 0.1) is 17.1 Å². The van der Waals surface area contributed by atoms with Gasteiger partial charge in [-0.15, -0.1) is 0 Å². The molecule has 354 valence electrons. The number of halogens is 2. The Labute approximate surface area is 390 Å². The van der Waals surface area contributed by atoms with Crippen LogP contribution in [0, 0.1) is 0 Å². The summed E-state index contributed by atoms with van der Waals surface area (Å²) in [7, 11) is 3.76. The van der Waals surface area contributed by atoms with E-state index < -0.39 is 12.5 Å². The third-order valence-electron chi connectivity index (χ3n) is 14.5. The van der Waals surface area contributed by atoms with Crippen molar-refractivity contribution in [2.24, 2.45) is 0 Å². The van der Waals surface area contributed by atoms with Crippen LogP contribution in [0.15, 0.2) is 55.0 Å². The molecule has 67 heavy (non-hydrogen) atoms. The number of anilines is 2. The van der Waals surface area contributed by atoms with Gasteiger partial charge in [0.1, 0.15) is 12.3 Å². The molecule has 0 saturated carbocycles. The van der Waals surface area contributed by atoms with E-state index in [1.54, 1.807) is 31.4 Å². The average Bonchev–Trinajstić information content (AvgIpc) is 3.93. The highest BCUT2D eigenvalue weighted by atomic mass is 19.3. The summed E-state index contributed by atoms with van der Waals surface area (Å²) in [5, 5.41) is 9.01. The summed E-state index contributed by atoms with van der Waals surface area (Å²) in [5.41, 5.74) is 8.20. The first-order chi connectivity index (χ1) is 32.6. The van der Waals surface area contributed by atoms with Crippen molar-refractivity contribution in [2.75, 3.05) is 64.9 Å². The number of alkyl halides is 2. The van der Waals surface area contributed by atoms with Crippen molar-refractivity contribution in [1.82, 2.24) is 39.3 Å². The molecule has 1 atom stereocenters. The van der Waals surface area contributed by atoms with Gasteiger partial charge in [0, 0.05) is 136 Å². The van der Waals surface area contributed by atoms with E-state index in [1.807, 2.05) is 24.4 Å². The second-order valence-electron chi connectivity index (χ2n) is 18.6. The lowest BCUT2D eigenvalue weighted by Gasteiger charge is -2.33. The van der Waals surface area contributed by atoms with Gasteiger partial charge in [-0.2, -0.15) is 5.10 Å². The largest absolute Gasteiger partial charge is 0.381 e. The van der Waals surface area contributed by atoms with Crippen LogP contribution in [-0.4, -0.2) is 124 Å². The van der Waals surface area contributed by atoms with Gasteiger partial charge < -0.3 is 34.1 Å². The van der Waals surface area contributed by atoms with Crippen molar-refractivity contribution in [3.05, 3.63) is 94.1 Å². The number of rotatable bonds is 10. The quantitative estimate of drug-likeness (QED) is 0.141. The zero-order valence-corrected chi connectivity index (χ0v) is 38.8. The van der Waals surface area contributed by atoms with Gasteiger partial charge in [-0.1, -0.05) is 12.1 Å². The molecule has 0 spiro atoms. The van der Waals surface area contributed by atoms with Crippen LogP contribution in [0.25, 0.3) is 22.0 Å². The number of benzene rings is 2. The summed E-state index contributed by atoms with van der Waals surface area (Å²) >= 11 is 0. The molecule has 2 amide bonds. The molecular weight excluding hydrogens is 857 g/mol. The van der Waals surface area contributed by atoms with Crippen LogP contribution >= 0.6 is 0 Å². The number of pyridine rings is 1. The van der Waals surface area contributed by atoms with Crippen molar-refractivity contribution >= 4 is 46.8 Å². The number of aldehydes is 2. The topological polar surface area (TPSA) is 138 Å². The molecule has 16 heteroatoms. The summed E-state index contributed by atoms with van der Waals surface area (Å²) in [6.07, 6.45) is 11.9. The zero-order chi connectivity index (χ0) is 46.8. The number of nitrogens with zero attached hydrogens (tertiary/aromatic N) is 8.